The van der Waals surface area contributed by atoms with Crippen molar-refractivity contribution >= 4 is 67.4 Å². The Morgan fingerprint density at radius 1 is 1.13 bits per heavy atom. The number of carbonyl (C=O) groups excluding carboxylic acids is 3. The van der Waals surface area contributed by atoms with Gasteiger partial charge in [-0.05, 0) is 79.7 Å². The van der Waals surface area contributed by atoms with Gasteiger partial charge in [-0.15, -0.1) is 0 Å². The second-order valence-electron chi connectivity index (χ2n) is 6.47. The number of carboxylic acid groups (broad SMARTS) is 1. The first-order valence-electron chi connectivity index (χ1n) is 9.05. The van der Waals surface area contributed by atoms with E-state index < -0.39 is 30.4 Å². The molecule has 1 aliphatic rings. The normalized spacial score (nSPS) is 15.3. The molecule has 1 heterocycles. The van der Waals surface area contributed by atoms with E-state index in [0.717, 1.165) is 16.9 Å². The maximum atomic E-state index is 13.0. The van der Waals surface area contributed by atoms with Gasteiger partial charge in [0, 0.05) is 0 Å². The maximum absolute atomic E-state index is 13.0. The number of nitrogens with one attached hydrogen (secondary N) is 1. The van der Waals surface area contributed by atoms with Crippen molar-refractivity contribution in [2.24, 2.45) is 0 Å². The van der Waals surface area contributed by atoms with Gasteiger partial charge in [0.1, 0.15) is 11.3 Å². The molecule has 10 heteroatoms. The molecular formula is C21H16Br2N2O6. The third kappa shape index (κ3) is 5.02. The summed E-state index contributed by atoms with van der Waals surface area (Å²) in [5.74, 6) is -2.44. The number of hydrogen-bond acceptors (Lipinski definition) is 5. The molecule has 0 aromatic heterocycles. The van der Waals surface area contributed by atoms with Gasteiger partial charge in [0.05, 0.1) is 14.6 Å². The van der Waals surface area contributed by atoms with E-state index in [4.69, 9.17) is 9.84 Å². The lowest BCUT2D eigenvalue weighted by Gasteiger charge is -2.26. The molecule has 160 valence electrons. The molecule has 4 amide bonds. The van der Waals surface area contributed by atoms with Crippen molar-refractivity contribution < 1.29 is 29.0 Å². The van der Waals surface area contributed by atoms with Crippen molar-refractivity contribution in [3.63, 3.8) is 0 Å². The van der Waals surface area contributed by atoms with E-state index in [1.807, 2.05) is 6.92 Å². The van der Waals surface area contributed by atoms with Crippen LogP contribution in [0.3, 0.4) is 0 Å². The zero-order valence-electron chi connectivity index (χ0n) is 16.1. The molecule has 2 aromatic carbocycles. The number of hydrogen-bond donors (Lipinski definition) is 2. The molecule has 1 aliphatic heterocycles. The Bertz CT molecular complexity index is 1090. The van der Waals surface area contributed by atoms with Crippen molar-refractivity contribution in [1.82, 2.24) is 5.32 Å². The average Bonchev–Trinajstić information content (AvgIpc) is 2.70. The third-order valence-electron chi connectivity index (χ3n) is 4.38. The predicted octanol–water partition coefficient (Wildman–Crippen LogP) is 3.90. The number of nitrogens with zero attached hydrogens (tertiary/aromatic N) is 1. The number of barbiturate groups is 1. The zero-order chi connectivity index (χ0) is 22.7. The van der Waals surface area contributed by atoms with E-state index in [1.54, 1.807) is 36.4 Å². The molecule has 2 N–H and O–H groups in total. The van der Waals surface area contributed by atoms with Gasteiger partial charge in [0.2, 0.25) is 0 Å². The molecule has 0 atom stereocenters. The Hall–Kier alpha value is -2.98. The summed E-state index contributed by atoms with van der Waals surface area (Å²) in [4.78, 5) is 49.3. The highest BCUT2D eigenvalue weighted by atomic mass is 79.9. The van der Waals surface area contributed by atoms with Gasteiger partial charge in [-0.25, -0.2) is 14.5 Å². The molecule has 2 aromatic rings. The number of imide groups is 2. The molecule has 0 saturated carbocycles. The van der Waals surface area contributed by atoms with Gasteiger partial charge < -0.3 is 9.84 Å². The average molecular weight is 552 g/mol. The number of ether oxygens (including phenoxy) is 1. The largest absolute Gasteiger partial charge is 0.480 e. The maximum Gasteiger partial charge on any atom is 0.341 e. The molecule has 1 fully saturated rings. The highest BCUT2D eigenvalue weighted by Gasteiger charge is 2.36. The fraction of sp³-hybridized carbons (Fsp3) is 0.143. The minimum atomic E-state index is -1.13. The highest BCUT2D eigenvalue weighted by molar-refractivity contribution is 9.11. The molecule has 1 saturated heterocycles. The standard InChI is InChI=1S/C21H16Br2N2O6/c1-2-11-3-5-13(6-4-11)25-20(29)14(19(28)24-21(25)30)7-12-8-15(22)18(16(23)9-12)31-10-17(26)27/h3-9H,2,10H2,1H3,(H,26,27)(H,24,28,30). The lowest BCUT2D eigenvalue weighted by molar-refractivity contribution is -0.139. The van der Waals surface area contributed by atoms with Crippen LogP contribution in [-0.2, 0) is 20.8 Å². The van der Waals surface area contributed by atoms with Crippen molar-refractivity contribution in [3.8, 4) is 5.75 Å². The van der Waals surface area contributed by atoms with Crippen LogP contribution in [0, 0.1) is 0 Å². The molecule has 0 bridgehead atoms. The van der Waals surface area contributed by atoms with Crippen LogP contribution in [0.25, 0.3) is 6.08 Å². The van der Waals surface area contributed by atoms with E-state index in [1.165, 1.54) is 6.08 Å². The Morgan fingerprint density at radius 3 is 2.29 bits per heavy atom. The number of aryl methyl sites for hydroxylation is 1. The number of rotatable bonds is 6. The van der Waals surface area contributed by atoms with Crippen LogP contribution in [0.5, 0.6) is 5.75 Å². The first-order valence-corrected chi connectivity index (χ1v) is 10.6. The number of anilines is 1. The molecule has 8 nitrogen and oxygen atoms in total. The lowest BCUT2D eigenvalue weighted by atomic mass is 10.1. The molecular weight excluding hydrogens is 536 g/mol. The molecule has 31 heavy (non-hydrogen) atoms. The van der Waals surface area contributed by atoms with Gasteiger partial charge in [0.15, 0.2) is 6.61 Å². The summed E-state index contributed by atoms with van der Waals surface area (Å²) in [6.45, 7) is 1.45. The quantitative estimate of drug-likeness (QED) is 0.416. The van der Waals surface area contributed by atoms with Crippen LogP contribution in [0.2, 0.25) is 0 Å². The van der Waals surface area contributed by atoms with E-state index in [9.17, 15) is 19.2 Å². The minimum absolute atomic E-state index is 0.225. The minimum Gasteiger partial charge on any atom is -0.480 e. The fourth-order valence-electron chi connectivity index (χ4n) is 2.87. The number of aliphatic carboxylic acids is 1. The highest BCUT2D eigenvalue weighted by Crippen LogP contribution is 2.35. The number of benzene rings is 2. The summed E-state index contributed by atoms with van der Waals surface area (Å²) < 4.78 is 6.05. The monoisotopic (exact) mass is 550 g/mol. The van der Waals surface area contributed by atoms with Crippen molar-refractivity contribution in [2.45, 2.75) is 13.3 Å². The van der Waals surface area contributed by atoms with Gasteiger partial charge in [-0.2, -0.15) is 0 Å². The van der Waals surface area contributed by atoms with Crippen LogP contribution in [-0.4, -0.2) is 35.5 Å². The molecule has 0 aliphatic carbocycles. The van der Waals surface area contributed by atoms with Crippen LogP contribution < -0.4 is 15.0 Å². The van der Waals surface area contributed by atoms with Gasteiger partial charge in [-0.3, -0.25) is 14.9 Å². The fourth-order valence-corrected chi connectivity index (χ4v) is 4.32. The number of amides is 4. The molecule has 0 radical (unpaired) electrons. The second-order valence-corrected chi connectivity index (χ2v) is 8.18. The van der Waals surface area contributed by atoms with Crippen molar-refractivity contribution in [1.29, 1.82) is 0 Å². The number of carboxylic acids is 1. The molecule has 3 rings (SSSR count). The summed E-state index contributed by atoms with van der Waals surface area (Å²) in [5, 5.41) is 11.0. The Kier molecular flexibility index (Phi) is 6.91. The Balaban J connectivity index is 1.95. The summed E-state index contributed by atoms with van der Waals surface area (Å²) in [6.07, 6.45) is 2.15. The predicted molar refractivity (Wildman–Crippen MR) is 120 cm³/mol. The zero-order valence-corrected chi connectivity index (χ0v) is 19.3. The number of urea groups is 1. The third-order valence-corrected chi connectivity index (χ3v) is 5.55. The second kappa shape index (κ2) is 9.44. The van der Waals surface area contributed by atoms with Gasteiger partial charge >= 0.3 is 12.0 Å². The first-order chi connectivity index (χ1) is 14.7. The summed E-state index contributed by atoms with van der Waals surface area (Å²) in [7, 11) is 0. The van der Waals surface area contributed by atoms with Crippen LogP contribution in [0.4, 0.5) is 10.5 Å². The Labute approximate surface area is 194 Å². The summed E-state index contributed by atoms with van der Waals surface area (Å²) in [5.41, 5.74) is 1.62. The Morgan fingerprint density at radius 2 is 1.74 bits per heavy atom. The van der Waals surface area contributed by atoms with Crippen molar-refractivity contribution in [3.05, 3.63) is 62.0 Å². The van der Waals surface area contributed by atoms with Gasteiger partial charge in [-0.1, -0.05) is 19.1 Å². The first kappa shape index (κ1) is 22.7. The smallest absolute Gasteiger partial charge is 0.341 e. The summed E-state index contributed by atoms with van der Waals surface area (Å²) >= 11 is 6.58. The SMILES string of the molecule is CCc1ccc(N2C(=O)NC(=O)C(=Cc3cc(Br)c(OCC(=O)O)c(Br)c3)C2=O)cc1. The molecule has 0 spiro atoms. The van der Waals surface area contributed by atoms with Crippen LogP contribution in [0.1, 0.15) is 18.1 Å². The van der Waals surface area contributed by atoms with E-state index in [-0.39, 0.29) is 11.3 Å². The lowest BCUT2D eigenvalue weighted by Crippen LogP contribution is -2.54. The topological polar surface area (TPSA) is 113 Å². The van der Waals surface area contributed by atoms with E-state index >= 15 is 0 Å². The van der Waals surface area contributed by atoms with Crippen LogP contribution in [0.15, 0.2) is 50.9 Å². The number of halogens is 2. The van der Waals surface area contributed by atoms with E-state index in [0.29, 0.717) is 20.2 Å². The van der Waals surface area contributed by atoms with Crippen molar-refractivity contribution in [2.75, 3.05) is 11.5 Å². The van der Waals surface area contributed by atoms with Crippen LogP contribution >= 0.6 is 31.9 Å². The van der Waals surface area contributed by atoms with E-state index in [2.05, 4.69) is 37.2 Å². The van der Waals surface area contributed by atoms with Gasteiger partial charge in [0.25, 0.3) is 11.8 Å². The summed E-state index contributed by atoms with van der Waals surface area (Å²) in [6, 6.07) is 9.20. The number of carbonyl (C=O) groups is 4. The molecule has 0 unspecified atom stereocenters.